The first-order valence-electron chi connectivity index (χ1n) is 7.46. The summed E-state index contributed by atoms with van der Waals surface area (Å²) in [4.78, 5) is 2.58. The van der Waals surface area contributed by atoms with E-state index < -0.39 is 0 Å². The third-order valence-corrected chi connectivity index (χ3v) is 4.04. The Kier molecular flexibility index (Phi) is 5.62. The highest BCUT2D eigenvalue weighted by Crippen LogP contribution is 2.29. The van der Waals surface area contributed by atoms with E-state index >= 15 is 0 Å². The molecule has 0 saturated carbocycles. The van der Waals surface area contributed by atoms with Crippen molar-refractivity contribution in [2.75, 3.05) is 33.3 Å². The average molecular weight is 274 g/mol. The predicted octanol–water partition coefficient (Wildman–Crippen LogP) is 2.92. The Morgan fingerprint density at radius 3 is 2.75 bits per heavy atom. The summed E-state index contributed by atoms with van der Waals surface area (Å²) in [5.41, 5.74) is 2.61. The molecule has 1 heterocycles. The highest BCUT2D eigenvalue weighted by Gasteiger charge is 2.21. The fourth-order valence-electron chi connectivity index (χ4n) is 2.94. The van der Waals surface area contributed by atoms with Crippen LogP contribution in [0.25, 0.3) is 0 Å². The van der Waals surface area contributed by atoms with Gasteiger partial charge in [0.25, 0.3) is 0 Å². The van der Waals surface area contributed by atoms with Gasteiger partial charge in [0.05, 0.1) is 7.11 Å². The summed E-state index contributed by atoms with van der Waals surface area (Å²) in [7, 11) is 1.73. The lowest BCUT2D eigenvalue weighted by atomic mass is 9.97. The van der Waals surface area contributed by atoms with Crippen LogP contribution in [0.2, 0.25) is 0 Å². The van der Waals surface area contributed by atoms with Crippen LogP contribution in [0.1, 0.15) is 30.0 Å². The molecule has 1 aliphatic heterocycles. The number of hydrogen-bond donors (Lipinski definition) is 1. The SMILES string of the molecule is C=CCC[C@H](c1ccc(OC)c(C)c1)N1CCNCC1. The van der Waals surface area contributed by atoms with Crippen molar-refractivity contribution in [1.29, 1.82) is 0 Å². The van der Waals surface area contributed by atoms with Gasteiger partial charge in [0, 0.05) is 32.2 Å². The van der Waals surface area contributed by atoms with E-state index in [-0.39, 0.29) is 0 Å². The number of benzene rings is 1. The summed E-state index contributed by atoms with van der Waals surface area (Å²) in [6, 6.07) is 7.06. The molecule has 3 nitrogen and oxygen atoms in total. The Hall–Kier alpha value is -1.32. The minimum Gasteiger partial charge on any atom is -0.496 e. The molecule has 0 aliphatic carbocycles. The number of methoxy groups -OCH3 is 1. The summed E-state index contributed by atoms with van der Waals surface area (Å²) in [6.45, 7) is 10.4. The lowest BCUT2D eigenvalue weighted by molar-refractivity contribution is 0.166. The van der Waals surface area contributed by atoms with Crippen molar-refractivity contribution >= 4 is 0 Å². The van der Waals surface area contributed by atoms with Crippen LogP contribution < -0.4 is 10.1 Å². The fourth-order valence-corrected chi connectivity index (χ4v) is 2.94. The van der Waals surface area contributed by atoms with Crippen molar-refractivity contribution < 1.29 is 4.74 Å². The van der Waals surface area contributed by atoms with Gasteiger partial charge in [0.15, 0.2) is 0 Å². The number of ether oxygens (including phenoxy) is 1. The Morgan fingerprint density at radius 2 is 2.15 bits per heavy atom. The first-order valence-corrected chi connectivity index (χ1v) is 7.46. The molecular weight excluding hydrogens is 248 g/mol. The van der Waals surface area contributed by atoms with E-state index in [9.17, 15) is 0 Å². The third kappa shape index (κ3) is 3.62. The van der Waals surface area contributed by atoms with Gasteiger partial charge >= 0.3 is 0 Å². The summed E-state index contributed by atoms with van der Waals surface area (Å²) in [5, 5.41) is 3.42. The second-order valence-corrected chi connectivity index (χ2v) is 5.40. The van der Waals surface area contributed by atoms with Crippen molar-refractivity contribution in [2.24, 2.45) is 0 Å². The van der Waals surface area contributed by atoms with Gasteiger partial charge in [-0.1, -0.05) is 18.2 Å². The minimum absolute atomic E-state index is 0.486. The lowest BCUT2D eigenvalue weighted by Crippen LogP contribution is -2.45. The molecule has 1 atom stereocenters. The summed E-state index contributed by atoms with van der Waals surface area (Å²) < 4.78 is 5.37. The van der Waals surface area contributed by atoms with Crippen LogP contribution in [0.4, 0.5) is 0 Å². The van der Waals surface area contributed by atoms with Crippen molar-refractivity contribution in [3.05, 3.63) is 42.0 Å². The predicted molar refractivity (Wildman–Crippen MR) is 84.3 cm³/mol. The Labute approximate surface area is 122 Å². The Balaban J connectivity index is 2.20. The maximum absolute atomic E-state index is 5.37. The molecule has 2 rings (SSSR count). The van der Waals surface area contributed by atoms with E-state index in [1.54, 1.807) is 7.11 Å². The molecule has 20 heavy (non-hydrogen) atoms. The summed E-state index contributed by atoms with van der Waals surface area (Å²) in [5.74, 6) is 0.969. The van der Waals surface area contributed by atoms with Gasteiger partial charge in [-0.25, -0.2) is 0 Å². The van der Waals surface area contributed by atoms with Crippen LogP contribution in [0.3, 0.4) is 0 Å². The van der Waals surface area contributed by atoms with Crippen LogP contribution in [-0.4, -0.2) is 38.2 Å². The van der Waals surface area contributed by atoms with Crippen LogP contribution in [0.5, 0.6) is 5.75 Å². The van der Waals surface area contributed by atoms with Gasteiger partial charge in [0.1, 0.15) is 5.75 Å². The number of nitrogens with zero attached hydrogens (tertiary/aromatic N) is 1. The number of nitrogens with one attached hydrogen (secondary N) is 1. The van der Waals surface area contributed by atoms with Gasteiger partial charge in [-0.05, 0) is 37.0 Å². The maximum atomic E-state index is 5.37. The first kappa shape index (κ1) is 15.1. The van der Waals surface area contributed by atoms with E-state index in [2.05, 4.69) is 41.9 Å². The summed E-state index contributed by atoms with van der Waals surface area (Å²) >= 11 is 0. The molecule has 1 N–H and O–H groups in total. The quantitative estimate of drug-likeness (QED) is 0.807. The third-order valence-electron chi connectivity index (χ3n) is 4.04. The number of aryl methyl sites for hydroxylation is 1. The van der Waals surface area contributed by atoms with Crippen LogP contribution in [-0.2, 0) is 0 Å². The van der Waals surface area contributed by atoms with Crippen molar-refractivity contribution in [1.82, 2.24) is 10.2 Å². The molecule has 0 bridgehead atoms. The minimum atomic E-state index is 0.486. The lowest BCUT2D eigenvalue weighted by Gasteiger charge is -2.35. The standard InChI is InChI=1S/C17H26N2O/c1-4-5-6-16(19-11-9-18-10-12-19)15-7-8-17(20-3)14(2)13-15/h4,7-8,13,16,18H,1,5-6,9-12H2,2-3H3/t16-/m1/s1. The van der Waals surface area contributed by atoms with Gasteiger partial charge in [-0.15, -0.1) is 6.58 Å². The number of allylic oxidation sites excluding steroid dienone is 1. The van der Waals surface area contributed by atoms with E-state index in [1.807, 2.05) is 6.08 Å². The summed E-state index contributed by atoms with van der Waals surface area (Å²) in [6.07, 6.45) is 4.21. The van der Waals surface area contributed by atoms with Gasteiger partial charge in [-0.2, -0.15) is 0 Å². The monoisotopic (exact) mass is 274 g/mol. The normalized spacial score (nSPS) is 17.7. The zero-order chi connectivity index (χ0) is 14.4. The smallest absolute Gasteiger partial charge is 0.121 e. The Bertz CT molecular complexity index is 439. The van der Waals surface area contributed by atoms with Gasteiger partial charge in [0.2, 0.25) is 0 Å². The second-order valence-electron chi connectivity index (χ2n) is 5.40. The molecular formula is C17H26N2O. The molecule has 0 unspecified atom stereocenters. The molecule has 1 fully saturated rings. The van der Waals surface area contributed by atoms with E-state index in [0.717, 1.165) is 44.8 Å². The molecule has 3 heteroatoms. The Morgan fingerprint density at radius 1 is 1.40 bits per heavy atom. The molecule has 1 aromatic rings. The van der Waals surface area contributed by atoms with E-state index in [0.29, 0.717) is 6.04 Å². The van der Waals surface area contributed by atoms with Crippen molar-refractivity contribution in [2.45, 2.75) is 25.8 Å². The highest BCUT2D eigenvalue weighted by molar-refractivity contribution is 5.37. The molecule has 0 spiro atoms. The van der Waals surface area contributed by atoms with Crippen LogP contribution >= 0.6 is 0 Å². The largest absolute Gasteiger partial charge is 0.496 e. The van der Waals surface area contributed by atoms with Gasteiger partial charge in [-0.3, -0.25) is 4.90 Å². The van der Waals surface area contributed by atoms with Crippen molar-refractivity contribution in [3.8, 4) is 5.75 Å². The zero-order valence-electron chi connectivity index (χ0n) is 12.7. The molecule has 0 aromatic heterocycles. The van der Waals surface area contributed by atoms with E-state index in [4.69, 9.17) is 4.74 Å². The van der Waals surface area contributed by atoms with Crippen LogP contribution in [0.15, 0.2) is 30.9 Å². The maximum Gasteiger partial charge on any atom is 0.121 e. The van der Waals surface area contributed by atoms with Crippen molar-refractivity contribution in [3.63, 3.8) is 0 Å². The topological polar surface area (TPSA) is 24.5 Å². The molecule has 0 radical (unpaired) electrons. The number of hydrogen-bond acceptors (Lipinski definition) is 3. The second kappa shape index (κ2) is 7.46. The average Bonchev–Trinajstić information content (AvgIpc) is 2.49. The molecule has 1 aliphatic rings. The first-order chi connectivity index (χ1) is 9.76. The van der Waals surface area contributed by atoms with Crippen LogP contribution in [0, 0.1) is 6.92 Å². The molecule has 110 valence electrons. The fraction of sp³-hybridized carbons (Fsp3) is 0.529. The highest BCUT2D eigenvalue weighted by atomic mass is 16.5. The molecule has 1 saturated heterocycles. The number of piperazine rings is 1. The number of rotatable bonds is 6. The zero-order valence-corrected chi connectivity index (χ0v) is 12.7. The molecule has 0 amide bonds. The molecule has 1 aromatic carbocycles. The van der Waals surface area contributed by atoms with Gasteiger partial charge < -0.3 is 10.1 Å². The van der Waals surface area contributed by atoms with E-state index in [1.165, 1.54) is 11.1 Å².